The average Bonchev–Trinajstić information content (AvgIpc) is 2.33. The van der Waals surface area contributed by atoms with Gasteiger partial charge in [0.15, 0.2) is 12.2 Å². The van der Waals surface area contributed by atoms with E-state index in [1.54, 1.807) is 18.2 Å². The molecule has 6 nitrogen and oxygen atoms in total. The van der Waals surface area contributed by atoms with E-state index in [4.69, 9.17) is 19.7 Å². The van der Waals surface area contributed by atoms with Crippen LogP contribution in [-0.2, 0) is 9.59 Å². The van der Waals surface area contributed by atoms with Gasteiger partial charge in [0.05, 0.1) is 3.57 Å². The molecule has 19 heavy (non-hydrogen) atoms. The minimum Gasteiger partial charge on any atom is -0.479 e. The zero-order valence-electron chi connectivity index (χ0n) is 10.3. The maximum Gasteiger partial charge on any atom is 0.344 e. The number of rotatable bonds is 6. The lowest BCUT2D eigenvalue weighted by molar-refractivity contribution is -0.144. The Morgan fingerprint density at radius 2 is 1.42 bits per heavy atom. The minimum atomic E-state index is -1.08. The Balaban J connectivity index is 2.92. The Morgan fingerprint density at radius 3 is 1.74 bits per heavy atom. The molecule has 104 valence electrons. The fourth-order valence-corrected chi connectivity index (χ4v) is 1.77. The molecule has 0 saturated heterocycles. The van der Waals surface area contributed by atoms with Crippen LogP contribution < -0.4 is 9.47 Å². The second kappa shape index (κ2) is 6.60. The lowest BCUT2D eigenvalue weighted by Gasteiger charge is -2.16. The Morgan fingerprint density at radius 1 is 1.05 bits per heavy atom. The molecule has 0 fully saturated rings. The van der Waals surface area contributed by atoms with Crippen molar-refractivity contribution in [1.82, 2.24) is 0 Å². The highest BCUT2D eigenvalue weighted by Gasteiger charge is 2.18. The predicted octanol–water partition coefficient (Wildman–Crippen LogP) is 2.00. The van der Waals surface area contributed by atoms with Gasteiger partial charge < -0.3 is 19.7 Å². The van der Waals surface area contributed by atoms with Gasteiger partial charge in [-0.1, -0.05) is 6.07 Å². The van der Waals surface area contributed by atoms with E-state index in [0.717, 1.165) is 0 Å². The van der Waals surface area contributed by atoms with Gasteiger partial charge in [-0.3, -0.25) is 0 Å². The molecular formula is C12H13IO6. The summed E-state index contributed by atoms with van der Waals surface area (Å²) < 4.78 is 11.0. The molecule has 0 saturated carbocycles. The molecule has 1 aromatic rings. The van der Waals surface area contributed by atoms with E-state index < -0.39 is 24.1 Å². The van der Waals surface area contributed by atoms with Gasteiger partial charge in [0, 0.05) is 0 Å². The fourth-order valence-electron chi connectivity index (χ4n) is 1.15. The third-order valence-electron chi connectivity index (χ3n) is 2.23. The molecule has 0 unspecified atom stereocenters. The third kappa shape index (κ3) is 4.27. The second-order valence-electron chi connectivity index (χ2n) is 3.76. The number of carboxylic acid groups (broad SMARTS) is 2. The SMILES string of the molecule is C[C@H](Oc1cccc(O[C@@H](C)C(=O)O)c1I)C(=O)O. The van der Waals surface area contributed by atoms with Crippen molar-refractivity contribution in [3.63, 3.8) is 0 Å². The molecule has 2 N–H and O–H groups in total. The number of ether oxygens (including phenoxy) is 2. The maximum atomic E-state index is 10.7. The van der Waals surface area contributed by atoms with Gasteiger partial charge in [-0.05, 0) is 48.6 Å². The van der Waals surface area contributed by atoms with Gasteiger partial charge in [0.2, 0.25) is 0 Å². The Hall–Kier alpha value is -1.51. The smallest absolute Gasteiger partial charge is 0.344 e. The molecule has 1 aromatic carbocycles. The van der Waals surface area contributed by atoms with E-state index >= 15 is 0 Å². The monoisotopic (exact) mass is 380 g/mol. The van der Waals surface area contributed by atoms with E-state index in [1.165, 1.54) is 13.8 Å². The van der Waals surface area contributed by atoms with Crippen LogP contribution in [-0.4, -0.2) is 34.4 Å². The zero-order chi connectivity index (χ0) is 14.6. The second-order valence-corrected chi connectivity index (χ2v) is 4.84. The highest BCUT2D eigenvalue weighted by molar-refractivity contribution is 14.1. The van der Waals surface area contributed by atoms with Crippen LogP contribution in [0, 0.1) is 3.57 Å². The highest BCUT2D eigenvalue weighted by atomic mass is 127. The van der Waals surface area contributed by atoms with Gasteiger partial charge in [-0.25, -0.2) is 9.59 Å². The van der Waals surface area contributed by atoms with Gasteiger partial charge in [0.1, 0.15) is 11.5 Å². The van der Waals surface area contributed by atoms with Crippen molar-refractivity contribution in [1.29, 1.82) is 0 Å². The van der Waals surface area contributed by atoms with Crippen molar-refractivity contribution in [2.24, 2.45) is 0 Å². The maximum absolute atomic E-state index is 10.7. The van der Waals surface area contributed by atoms with E-state index in [9.17, 15) is 9.59 Å². The molecule has 0 amide bonds. The molecule has 0 aliphatic rings. The van der Waals surface area contributed by atoms with E-state index in [2.05, 4.69) is 0 Å². The summed E-state index contributed by atoms with van der Waals surface area (Å²) in [5, 5.41) is 17.6. The molecule has 0 aliphatic heterocycles. The summed E-state index contributed by atoms with van der Waals surface area (Å²) >= 11 is 1.92. The van der Waals surface area contributed by atoms with Crippen molar-refractivity contribution in [2.45, 2.75) is 26.1 Å². The molecule has 1 rings (SSSR count). The van der Waals surface area contributed by atoms with Crippen molar-refractivity contribution < 1.29 is 29.3 Å². The number of benzene rings is 1. The van der Waals surface area contributed by atoms with Gasteiger partial charge >= 0.3 is 11.9 Å². The molecule has 0 aliphatic carbocycles. The number of hydrogen-bond donors (Lipinski definition) is 2. The Kier molecular flexibility index (Phi) is 5.40. The number of halogens is 1. The largest absolute Gasteiger partial charge is 0.479 e. The topological polar surface area (TPSA) is 93.1 Å². The van der Waals surface area contributed by atoms with E-state index in [0.29, 0.717) is 15.1 Å². The summed E-state index contributed by atoms with van der Waals surface area (Å²) in [5.74, 6) is -1.49. The minimum absolute atomic E-state index is 0.339. The van der Waals surface area contributed by atoms with E-state index in [-0.39, 0.29) is 0 Å². The molecular weight excluding hydrogens is 367 g/mol. The summed E-state index contributed by atoms with van der Waals surface area (Å²) in [6.07, 6.45) is -2.00. The average molecular weight is 380 g/mol. The lowest BCUT2D eigenvalue weighted by Crippen LogP contribution is -2.24. The highest BCUT2D eigenvalue weighted by Crippen LogP contribution is 2.31. The van der Waals surface area contributed by atoms with Crippen molar-refractivity contribution in [3.05, 3.63) is 21.8 Å². The number of carboxylic acids is 2. The third-order valence-corrected chi connectivity index (χ3v) is 3.29. The predicted molar refractivity (Wildman–Crippen MR) is 74.6 cm³/mol. The Bertz CT molecular complexity index is 447. The van der Waals surface area contributed by atoms with Crippen LogP contribution in [0.15, 0.2) is 18.2 Å². The van der Waals surface area contributed by atoms with Gasteiger partial charge in [0.25, 0.3) is 0 Å². The van der Waals surface area contributed by atoms with Crippen molar-refractivity contribution in [3.8, 4) is 11.5 Å². The number of carbonyl (C=O) groups is 2. The normalized spacial score (nSPS) is 13.4. The molecule has 0 bridgehead atoms. The van der Waals surface area contributed by atoms with Crippen molar-refractivity contribution >= 4 is 34.5 Å². The van der Waals surface area contributed by atoms with Crippen molar-refractivity contribution in [2.75, 3.05) is 0 Å². The van der Waals surface area contributed by atoms with Crippen LogP contribution in [0.2, 0.25) is 0 Å². The van der Waals surface area contributed by atoms with Crippen LogP contribution >= 0.6 is 22.6 Å². The quantitative estimate of drug-likeness (QED) is 0.734. The van der Waals surface area contributed by atoms with Gasteiger partial charge in [-0.2, -0.15) is 0 Å². The standard InChI is InChI=1S/C12H13IO6/c1-6(11(14)15)18-8-4-3-5-9(10(8)13)19-7(2)12(16)17/h3-7H,1-2H3,(H,14,15)(H,16,17)/t6-,7-/m0/s1. The first-order valence-corrected chi connectivity index (χ1v) is 6.48. The molecule has 0 spiro atoms. The molecule has 7 heteroatoms. The van der Waals surface area contributed by atoms with Crippen LogP contribution in [0.25, 0.3) is 0 Å². The lowest BCUT2D eigenvalue weighted by atomic mass is 10.3. The van der Waals surface area contributed by atoms with Crippen LogP contribution in [0.3, 0.4) is 0 Å². The first-order chi connectivity index (χ1) is 8.82. The molecule has 0 aromatic heterocycles. The molecule has 0 radical (unpaired) electrons. The summed E-state index contributed by atoms with van der Waals surface area (Å²) in [6.45, 7) is 2.82. The molecule has 0 heterocycles. The zero-order valence-corrected chi connectivity index (χ0v) is 12.4. The van der Waals surface area contributed by atoms with Crippen LogP contribution in [0.1, 0.15) is 13.8 Å². The number of aliphatic carboxylic acids is 2. The van der Waals surface area contributed by atoms with Crippen LogP contribution in [0.5, 0.6) is 11.5 Å². The molecule has 2 atom stereocenters. The first-order valence-electron chi connectivity index (χ1n) is 5.40. The number of hydrogen-bond acceptors (Lipinski definition) is 4. The summed E-state index contributed by atoms with van der Waals surface area (Å²) in [4.78, 5) is 21.5. The summed E-state index contributed by atoms with van der Waals surface area (Å²) in [5.41, 5.74) is 0. The fraction of sp³-hybridized carbons (Fsp3) is 0.333. The van der Waals surface area contributed by atoms with E-state index in [1.807, 2.05) is 22.6 Å². The first kappa shape index (κ1) is 15.5. The summed E-state index contributed by atoms with van der Waals surface area (Å²) in [7, 11) is 0. The van der Waals surface area contributed by atoms with Gasteiger partial charge in [-0.15, -0.1) is 0 Å². The summed E-state index contributed by atoms with van der Waals surface area (Å²) in [6, 6.07) is 4.80. The van der Waals surface area contributed by atoms with Crippen LogP contribution in [0.4, 0.5) is 0 Å². The Labute approximate surface area is 123 Å².